The van der Waals surface area contributed by atoms with E-state index in [1.54, 1.807) is 0 Å². The second kappa shape index (κ2) is 8.32. The van der Waals surface area contributed by atoms with Crippen molar-refractivity contribution in [1.29, 1.82) is 0 Å². The molecule has 0 aliphatic heterocycles. The fourth-order valence-electron chi connectivity index (χ4n) is 1.90. The third-order valence-corrected chi connectivity index (χ3v) is 3.59. The van der Waals surface area contributed by atoms with Crippen LogP contribution in [0.25, 0.3) is 0 Å². The number of hydrogen-bond donors (Lipinski definition) is 2. The average Bonchev–Trinajstić information content (AvgIpc) is 2.43. The molecule has 0 saturated carbocycles. The Morgan fingerprint density at radius 3 is 2.46 bits per heavy atom. The molecule has 0 saturated heterocycles. The van der Waals surface area contributed by atoms with E-state index in [2.05, 4.69) is 10.3 Å². The Bertz CT molecular complexity index is 676. The first-order chi connectivity index (χ1) is 11.0. The van der Waals surface area contributed by atoms with Crippen LogP contribution in [0.15, 0.2) is 12.3 Å². The number of unbranched alkanes of at least 4 members (excludes halogenated alkanes) is 3. The molecule has 1 amide bonds. The zero-order valence-corrected chi connectivity index (χ0v) is 14.2. The summed E-state index contributed by atoms with van der Waals surface area (Å²) in [7, 11) is -3.75. The van der Waals surface area contributed by atoms with Crippen molar-refractivity contribution in [1.82, 2.24) is 4.98 Å². The van der Waals surface area contributed by atoms with Crippen LogP contribution in [-0.2, 0) is 21.0 Å². The molecule has 1 aromatic rings. The van der Waals surface area contributed by atoms with Gasteiger partial charge < -0.3 is 5.32 Å². The number of rotatable bonds is 8. The van der Waals surface area contributed by atoms with Gasteiger partial charge in [-0.1, -0.05) is 26.2 Å². The summed E-state index contributed by atoms with van der Waals surface area (Å²) in [6.45, 7) is 2.01. The lowest BCUT2D eigenvalue weighted by Crippen LogP contribution is -2.18. The van der Waals surface area contributed by atoms with E-state index in [0.717, 1.165) is 25.5 Å². The highest BCUT2D eigenvalue weighted by atomic mass is 32.2. The molecule has 10 heteroatoms. The number of amides is 1. The summed E-state index contributed by atoms with van der Waals surface area (Å²) in [6.07, 6.45) is 0.194. The molecule has 1 aromatic heterocycles. The van der Waals surface area contributed by atoms with Crippen molar-refractivity contribution in [3.05, 3.63) is 17.8 Å². The average molecular weight is 367 g/mol. The lowest BCUT2D eigenvalue weighted by atomic mass is 10.1. The quantitative estimate of drug-likeness (QED) is 0.690. The van der Waals surface area contributed by atoms with Crippen molar-refractivity contribution in [2.24, 2.45) is 0 Å². The third kappa shape index (κ3) is 7.16. The topological polar surface area (TPSA) is 88.2 Å². The summed E-state index contributed by atoms with van der Waals surface area (Å²) in [5.74, 6) is -0.851. The lowest BCUT2D eigenvalue weighted by Gasteiger charge is -2.14. The van der Waals surface area contributed by atoms with Crippen LogP contribution in [0.2, 0.25) is 0 Å². The molecule has 0 unspecified atom stereocenters. The summed E-state index contributed by atoms with van der Waals surface area (Å²) in [6, 6.07) is 0.657. The van der Waals surface area contributed by atoms with E-state index in [9.17, 15) is 26.4 Å². The Kier molecular flexibility index (Phi) is 7.00. The Balaban J connectivity index is 2.96. The number of carbonyl (C=O) groups is 1. The van der Waals surface area contributed by atoms with Gasteiger partial charge in [0.25, 0.3) is 0 Å². The van der Waals surface area contributed by atoms with Crippen molar-refractivity contribution < 1.29 is 26.4 Å². The van der Waals surface area contributed by atoms with Gasteiger partial charge in [0.2, 0.25) is 15.9 Å². The predicted molar refractivity (Wildman–Crippen MR) is 85.1 cm³/mol. The van der Waals surface area contributed by atoms with Crippen LogP contribution in [0.4, 0.5) is 24.7 Å². The standard InChI is InChI=1S/C14H20F3N3O3S/c1-3-4-5-6-7-12(21)19-11-8-10(14(15,16)17)9-18-13(11)20-24(2,22)23/h8-9H,3-7H2,1-2H3,(H,18,20)(H,19,21). The number of hydrogen-bond acceptors (Lipinski definition) is 4. The number of alkyl halides is 3. The molecule has 0 radical (unpaired) electrons. The minimum atomic E-state index is -4.66. The van der Waals surface area contributed by atoms with Crippen LogP contribution in [0.5, 0.6) is 0 Å². The van der Waals surface area contributed by atoms with E-state index in [-0.39, 0.29) is 17.9 Å². The highest BCUT2D eigenvalue weighted by Gasteiger charge is 2.32. The molecule has 2 N–H and O–H groups in total. The number of aromatic nitrogens is 1. The third-order valence-electron chi connectivity index (χ3n) is 3.03. The molecule has 24 heavy (non-hydrogen) atoms. The van der Waals surface area contributed by atoms with E-state index in [4.69, 9.17) is 0 Å². The SMILES string of the molecule is CCCCCCC(=O)Nc1cc(C(F)(F)F)cnc1NS(C)(=O)=O. The molecule has 0 aliphatic rings. The van der Waals surface area contributed by atoms with Crippen molar-refractivity contribution in [3.63, 3.8) is 0 Å². The van der Waals surface area contributed by atoms with Gasteiger partial charge in [-0.2, -0.15) is 13.2 Å². The zero-order chi connectivity index (χ0) is 18.4. The normalized spacial score (nSPS) is 12.0. The van der Waals surface area contributed by atoms with Gasteiger partial charge in [0.05, 0.1) is 17.5 Å². The Morgan fingerprint density at radius 2 is 1.92 bits per heavy atom. The predicted octanol–water partition coefficient (Wildman–Crippen LogP) is 3.38. The summed E-state index contributed by atoms with van der Waals surface area (Å²) < 4.78 is 62.9. The molecule has 0 atom stereocenters. The van der Waals surface area contributed by atoms with Crippen LogP contribution in [0.3, 0.4) is 0 Å². The number of sulfonamides is 1. The zero-order valence-electron chi connectivity index (χ0n) is 13.4. The van der Waals surface area contributed by atoms with Gasteiger partial charge in [0.1, 0.15) is 0 Å². The van der Waals surface area contributed by atoms with Crippen LogP contribution in [0.1, 0.15) is 44.6 Å². The van der Waals surface area contributed by atoms with Crippen LogP contribution < -0.4 is 10.0 Å². The number of pyridine rings is 1. The van der Waals surface area contributed by atoms with Crippen LogP contribution in [0, 0.1) is 0 Å². The number of nitrogens with one attached hydrogen (secondary N) is 2. The van der Waals surface area contributed by atoms with E-state index < -0.39 is 27.7 Å². The van der Waals surface area contributed by atoms with Crippen molar-refractivity contribution in [2.75, 3.05) is 16.3 Å². The van der Waals surface area contributed by atoms with E-state index in [1.807, 2.05) is 11.6 Å². The molecule has 0 fully saturated rings. The lowest BCUT2D eigenvalue weighted by molar-refractivity contribution is -0.137. The number of carbonyl (C=O) groups excluding carboxylic acids is 1. The van der Waals surface area contributed by atoms with Gasteiger partial charge in [-0.25, -0.2) is 13.4 Å². The van der Waals surface area contributed by atoms with Crippen molar-refractivity contribution in [2.45, 2.75) is 45.2 Å². The Hall–Kier alpha value is -1.84. The van der Waals surface area contributed by atoms with E-state index in [1.165, 1.54) is 0 Å². The van der Waals surface area contributed by atoms with Gasteiger partial charge in [-0.15, -0.1) is 0 Å². The van der Waals surface area contributed by atoms with Gasteiger partial charge in [0.15, 0.2) is 5.82 Å². The minimum absolute atomic E-state index is 0.133. The highest BCUT2D eigenvalue weighted by Crippen LogP contribution is 2.33. The first-order valence-corrected chi connectivity index (χ1v) is 9.27. The summed E-state index contributed by atoms with van der Waals surface area (Å²) in [4.78, 5) is 15.3. The van der Waals surface area contributed by atoms with Gasteiger partial charge >= 0.3 is 6.18 Å². The van der Waals surface area contributed by atoms with Gasteiger partial charge in [0, 0.05) is 12.6 Å². The number of anilines is 2. The maximum Gasteiger partial charge on any atom is 0.417 e. The fourth-order valence-corrected chi connectivity index (χ4v) is 2.41. The molecule has 0 aromatic carbocycles. The van der Waals surface area contributed by atoms with Gasteiger partial charge in [-0.05, 0) is 12.5 Å². The van der Waals surface area contributed by atoms with E-state index in [0.29, 0.717) is 18.7 Å². The Labute approximate surface area is 138 Å². The highest BCUT2D eigenvalue weighted by molar-refractivity contribution is 7.92. The summed E-state index contributed by atoms with van der Waals surface area (Å²) in [5, 5.41) is 2.29. The number of halogens is 3. The first kappa shape index (κ1) is 20.2. The molecule has 1 rings (SSSR count). The van der Waals surface area contributed by atoms with Crippen molar-refractivity contribution in [3.8, 4) is 0 Å². The molecule has 1 heterocycles. The second-order valence-corrected chi connectivity index (χ2v) is 7.10. The minimum Gasteiger partial charge on any atom is -0.323 e. The van der Waals surface area contributed by atoms with Gasteiger partial charge in [-0.3, -0.25) is 9.52 Å². The summed E-state index contributed by atoms with van der Waals surface area (Å²) >= 11 is 0. The fraction of sp³-hybridized carbons (Fsp3) is 0.571. The van der Waals surface area contributed by atoms with E-state index >= 15 is 0 Å². The molecule has 0 bridgehead atoms. The molecular formula is C14H20F3N3O3S. The monoisotopic (exact) mass is 367 g/mol. The maximum atomic E-state index is 12.8. The second-order valence-electron chi connectivity index (χ2n) is 5.35. The smallest absolute Gasteiger partial charge is 0.323 e. The maximum absolute atomic E-state index is 12.8. The van der Waals surface area contributed by atoms with Crippen LogP contribution >= 0.6 is 0 Å². The van der Waals surface area contributed by atoms with Crippen LogP contribution in [-0.4, -0.2) is 25.6 Å². The van der Waals surface area contributed by atoms with Crippen molar-refractivity contribution >= 4 is 27.4 Å². The number of nitrogens with zero attached hydrogens (tertiary/aromatic N) is 1. The molecule has 0 spiro atoms. The molecular weight excluding hydrogens is 347 g/mol. The molecule has 0 aliphatic carbocycles. The first-order valence-electron chi connectivity index (χ1n) is 7.38. The largest absolute Gasteiger partial charge is 0.417 e. The molecule has 136 valence electrons. The Morgan fingerprint density at radius 1 is 1.25 bits per heavy atom. The summed E-state index contributed by atoms with van der Waals surface area (Å²) in [5.41, 5.74) is -1.40. The molecule has 6 nitrogen and oxygen atoms in total.